The Hall–Kier alpha value is -2.98. The number of nitrogens with one attached hydrogen (secondary N) is 1. The number of amides is 1. The van der Waals surface area contributed by atoms with Gasteiger partial charge in [0.25, 0.3) is 0 Å². The minimum Gasteiger partial charge on any atom is -0.351 e. The van der Waals surface area contributed by atoms with Gasteiger partial charge in [0.2, 0.25) is 5.91 Å². The first-order valence-corrected chi connectivity index (χ1v) is 9.34. The molecule has 29 heavy (non-hydrogen) atoms. The molecular formula is C24H22ClFN2O. The van der Waals surface area contributed by atoms with Crippen molar-refractivity contribution in [2.75, 3.05) is 0 Å². The summed E-state index contributed by atoms with van der Waals surface area (Å²) in [6.07, 6.45) is 5.25. The summed E-state index contributed by atoms with van der Waals surface area (Å²) in [7, 11) is 0. The van der Waals surface area contributed by atoms with E-state index in [2.05, 4.69) is 10.3 Å². The molecular weight excluding hydrogens is 387 g/mol. The lowest BCUT2D eigenvalue weighted by Crippen LogP contribution is -2.32. The van der Waals surface area contributed by atoms with Gasteiger partial charge in [-0.2, -0.15) is 0 Å². The minimum absolute atomic E-state index is 0. The zero-order valence-electron chi connectivity index (χ0n) is 16.0. The maximum absolute atomic E-state index is 14.0. The lowest BCUT2D eigenvalue weighted by Gasteiger charge is -2.25. The van der Waals surface area contributed by atoms with Crippen LogP contribution in [0.4, 0.5) is 4.39 Å². The van der Waals surface area contributed by atoms with Gasteiger partial charge in [-0.05, 0) is 35.2 Å². The van der Waals surface area contributed by atoms with Crippen LogP contribution in [0.2, 0.25) is 0 Å². The molecule has 1 amide bonds. The van der Waals surface area contributed by atoms with Crippen molar-refractivity contribution in [3.05, 3.63) is 107 Å². The number of hydrogen-bond acceptors (Lipinski definition) is 2. The lowest BCUT2D eigenvalue weighted by molar-refractivity contribution is -0.123. The summed E-state index contributed by atoms with van der Waals surface area (Å²) >= 11 is 0. The Morgan fingerprint density at radius 1 is 1.14 bits per heavy atom. The molecule has 1 heterocycles. The number of carbonyl (C=O) groups is 1. The van der Waals surface area contributed by atoms with Gasteiger partial charge in [-0.3, -0.25) is 9.78 Å². The number of carbonyl (C=O) groups excluding carboxylic acids is 1. The predicted molar refractivity (Wildman–Crippen MR) is 115 cm³/mol. The second kappa shape index (κ2) is 9.01. The van der Waals surface area contributed by atoms with Crippen LogP contribution in [0.15, 0.2) is 72.9 Å². The molecule has 5 heteroatoms. The van der Waals surface area contributed by atoms with Crippen LogP contribution >= 0.6 is 12.4 Å². The summed E-state index contributed by atoms with van der Waals surface area (Å²) in [5.41, 5.74) is 4.48. The van der Waals surface area contributed by atoms with Crippen LogP contribution in [-0.4, -0.2) is 10.9 Å². The van der Waals surface area contributed by atoms with Crippen LogP contribution < -0.4 is 5.32 Å². The van der Waals surface area contributed by atoms with E-state index in [9.17, 15) is 9.18 Å². The van der Waals surface area contributed by atoms with Crippen molar-refractivity contribution >= 4 is 24.4 Å². The molecule has 4 rings (SSSR count). The van der Waals surface area contributed by atoms with E-state index in [0.717, 1.165) is 16.7 Å². The molecule has 0 fully saturated rings. The number of halogens is 2. The van der Waals surface area contributed by atoms with E-state index in [-0.39, 0.29) is 24.2 Å². The van der Waals surface area contributed by atoms with Crippen LogP contribution in [0.1, 0.15) is 39.8 Å². The monoisotopic (exact) mass is 408 g/mol. The fourth-order valence-corrected chi connectivity index (χ4v) is 3.80. The molecule has 0 saturated carbocycles. The second-order valence-electron chi connectivity index (χ2n) is 7.02. The Kier molecular flexibility index (Phi) is 6.45. The SMILES string of the molecule is Cc1ncc(F)cc1C(C(=O)NCc1ccccc1)C1C=Cc2ccccc21.Cl. The second-order valence-corrected chi connectivity index (χ2v) is 7.02. The van der Waals surface area contributed by atoms with Crippen molar-refractivity contribution in [1.82, 2.24) is 10.3 Å². The van der Waals surface area contributed by atoms with Gasteiger partial charge in [0.05, 0.1) is 12.1 Å². The van der Waals surface area contributed by atoms with Crippen LogP contribution in [-0.2, 0) is 11.3 Å². The molecule has 1 aliphatic rings. The van der Waals surface area contributed by atoms with Gasteiger partial charge >= 0.3 is 0 Å². The smallest absolute Gasteiger partial charge is 0.228 e. The van der Waals surface area contributed by atoms with E-state index >= 15 is 0 Å². The van der Waals surface area contributed by atoms with Crippen molar-refractivity contribution in [1.29, 1.82) is 0 Å². The van der Waals surface area contributed by atoms with Crippen molar-refractivity contribution in [2.24, 2.45) is 0 Å². The fraction of sp³-hybridized carbons (Fsp3) is 0.167. The van der Waals surface area contributed by atoms with Crippen molar-refractivity contribution in [2.45, 2.75) is 25.3 Å². The lowest BCUT2D eigenvalue weighted by atomic mass is 9.81. The molecule has 0 spiro atoms. The number of pyridine rings is 1. The summed E-state index contributed by atoms with van der Waals surface area (Å²) in [5.74, 6) is -1.27. The zero-order chi connectivity index (χ0) is 19.5. The largest absolute Gasteiger partial charge is 0.351 e. The number of rotatable bonds is 5. The highest BCUT2D eigenvalue weighted by atomic mass is 35.5. The molecule has 0 radical (unpaired) electrons. The number of hydrogen-bond donors (Lipinski definition) is 1. The van der Waals surface area contributed by atoms with Crippen LogP contribution in [0.3, 0.4) is 0 Å². The van der Waals surface area contributed by atoms with E-state index in [1.807, 2.05) is 73.7 Å². The molecule has 2 unspecified atom stereocenters. The van der Waals surface area contributed by atoms with Crippen molar-refractivity contribution in [3.8, 4) is 0 Å². The number of nitrogens with zero attached hydrogens (tertiary/aromatic N) is 1. The molecule has 2 atom stereocenters. The Morgan fingerprint density at radius 2 is 1.86 bits per heavy atom. The summed E-state index contributed by atoms with van der Waals surface area (Å²) < 4.78 is 14.0. The summed E-state index contributed by atoms with van der Waals surface area (Å²) in [5, 5.41) is 3.03. The Bertz CT molecular complexity index is 1040. The zero-order valence-corrected chi connectivity index (χ0v) is 16.8. The molecule has 1 aromatic heterocycles. The van der Waals surface area contributed by atoms with E-state index in [1.165, 1.54) is 12.3 Å². The Morgan fingerprint density at radius 3 is 2.66 bits per heavy atom. The van der Waals surface area contributed by atoms with Crippen LogP contribution in [0.5, 0.6) is 0 Å². The Labute approximate surface area is 176 Å². The van der Waals surface area contributed by atoms with E-state index in [1.54, 1.807) is 0 Å². The highest BCUT2D eigenvalue weighted by Crippen LogP contribution is 2.41. The minimum atomic E-state index is -0.549. The topological polar surface area (TPSA) is 42.0 Å². The highest BCUT2D eigenvalue weighted by molar-refractivity contribution is 5.87. The molecule has 1 N–H and O–H groups in total. The quantitative estimate of drug-likeness (QED) is 0.633. The average molecular weight is 409 g/mol. The standard InChI is InChI=1S/C24H21FN2O.ClH/c1-16-22(13-19(25)15-26-16)23(21-12-11-18-9-5-6-10-20(18)21)24(28)27-14-17-7-3-2-4-8-17;/h2-13,15,21,23H,14H2,1H3,(H,27,28);1H. The number of benzene rings is 2. The highest BCUT2D eigenvalue weighted by Gasteiger charge is 2.34. The molecule has 2 aromatic carbocycles. The number of aromatic nitrogens is 1. The maximum atomic E-state index is 14.0. The van der Waals surface area contributed by atoms with Gasteiger partial charge in [0.15, 0.2) is 0 Å². The van der Waals surface area contributed by atoms with Crippen LogP contribution in [0.25, 0.3) is 6.08 Å². The van der Waals surface area contributed by atoms with Gasteiger partial charge in [0, 0.05) is 18.2 Å². The normalized spacial score (nSPS) is 15.3. The summed E-state index contributed by atoms with van der Waals surface area (Å²) in [6.45, 7) is 2.24. The number of fused-ring (bicyclic) bond motifs is 1. The van der Waals surface area contributed by atoms with E-state index in [4.69, 9.17) is 0 Å². The average Bonchev–Trinajstić information content (AvgIpc) is 3.14. The van der Waals surface area contributed by atoms with Crippen LogP contribution in [0, 0.1) is 12.7 Å². The maximum Gasteiger partial charge on any atom is 0.228 e. The number of allylic oxidation sites excluding steroid dienone is 1. The Balaban J connectivity index is 0.00000240. The van der Waals surface area contributed by atoms with Crippen molar-refractivity contribution < 1.29 is 9.18 Å². The molecule has 3 aromatic rings. The number of aryl methyl sites for hydroxylation is 1. The third-order valence-corrected chi connectivity index (χ3v) is 5.22. The van der Waals surface area contributed by atoms with Gasteiger partial charge in [-0.1, -0.05) is 66.7 Å². The summed E-state index contributed by atoms with van der Waals surface area (Å²) in [6, 6.07) is 19.2. The first-order valence-electron chi connectivity index (χ1n) is 9.34. The summed E-state index contributed by atoms with van der Waals surface area (Å²) in [4.78, 5) is 17.4. The van der Waals surface area contributed by atoms with E-state index in [0.29, 0.717) is 17.8 Å². The first-order chi connectivity index (χ1) is 13.6. The van der Waals surface area contributed by atoms with Gasteiger partial charge in [-0.25, -0.2) is 4.39 Å². The predicted octanol–water partition coefficient (Wildman–Crippen LogP) is 5.16. The molecule has 0 aliphatic heterocycles. The molecule has 0 saturated heterocycles. The first kappa shape index (κ1) is 20.7. The van der Waals surface area contributed by atoms with Gasteiger partial charge < -0.3 is 5.32 Å². The van der Waals surface area contributed by atoms with Gasteiger partial charge in [-0.15, -0.1) is 12.4 Å². The molecule has 148 valence electrons. The third kappa shape index (κ3) is 4.38. The molecule has 1 aliphatic carbocycles. The molecule has 0 bridgehead atoms. The van der Waals surface area contributed by atoms with Gasteiger partial charge in [0.1, 0.15) is 5.82 Å². The molecule has 3 nitrogen and oxygen atoms in total. The fourth-order valence-electron chi connectivity index (χ4n) is 3.80. The third-order valence-electron chi connectivity index (χ3n) is 5.22. The van der Waals surface area contributed by atoms with E-state index < -0.39 is 11.7 Å². The van der Waals surface area contributed by atoms with Crippen molar-refractivity contribution in [3.63, 3.8) is 0 Å².